The SMILES string of the molecule is CN1C(=O)/C(=C\c2ccc(C(=O)N(C)c3ccccc3C(=O)O)cc2)SC1=S. The van der Waals surface area contributed by atoms with Crippen molar-refractivity contribution in [3.8, 4) is 0 Å². The van der Waals surface area contributed by atoms with Crippen LogP contribution >= 0.6 is 24.0 Å². The molecule has 6 nitrogen and oxygen atoms in total. The summed E-state index contributed by atoms with van der Waals surface area (Å²) in [6.45, 7) is 0. The Kier molecular flexibility index (Phi) is 5.62. The first-order chi connectivity index (χ1) is 13.3. The summed E-state index contributed by atoms with van der Waals surface area (Å²) in [5, 5.41) is 9.31. The van der Waals surface area contributed by atoms with Crippen LogP contribution < -0.4 is 4.90 Å². The molecule has 0 atom stereocenters. The van der Waals surface area contributed by atoms with Gasteiger partial charge in [0.2, 0.25) is 0 Å². The highest BCUT2D eigenvalue weighted by Gasteiger charge is 2.28. The highest BCUT2D eigenvalue weighted by atomic mass is 32.2. The molecule has 0 radical (unpaired) electrons. The molecule has 2 aromatic carbocycles. The van der Waals surface area contributed by atoms with Crippen LogP contribution in [0.5, 0.6) is 0 Å². The maximum atomic E-state index is 12.7. The van der Waals surface area contributed by atoms with Gasteiger partial charge in [0, 0.05) is 19.7 Å². The van der Waals surface area contributed by atoms with Crippen molar-refractivity contribution in [3.05, 3.63) is 70.1 Å². The largest absolute Gasteiger partial charge is 0.478 e. The normalized spacial score (nSPS) is 15.2. The number of carbonyl (C=O) groups is 3. The number of carboxylic acid groups (broad SMARTS) is 1. The number of anilines is 1. The van der Waals surface area contributed by atoms with Gasteiger partial charge in [0.15, 0.2) is 0 Å². The number of aromatic carboxylic acids is 1. The van der Waals surface area contributed by atoms with Crippen molar-refractivity contribution in [2.45, 2.75) is 0 Å². The number of carboxylic acids is 1. The van der Waals surface area contributed by atoms with Crippen molar-refractivity contribution < 1.29 is 19.5 Å². The average Bonchev–Trinajstić information content (AvgIpc) is 2.94. The first-order valence-corrected chi connectivity index (χ1v) is 9.44. The zero-order valence-corrected chi connectivity index (χ0v) is 16.7. The van der Waals surface area contributed by atoms with Gasteiger partial charge in [-0.05, 0) is 35.9 Å². The topological polar surface area (TPSA) is 77.9 Å². The first-order valence-electron chi connectivity index (χ1n) is 8.21. The number of thioether (sulfide) groups is 1. The number of rotatable bonds is 4. The Morgan fingerprint density at radius 3 is 2.36 bits per heavy atom. The lowest BCUT2D eigenvalue weighted by molar-refractivity contribution is -0.121. The van der Waals surface area contributed by atoms with Crippen LogP contribution in [0.15, 0.2) is 53.4 Å². The lowest BCUT2D eigenvalue weighted by Crippen LogP contribution is -2.27. The second kappa shape index (κ2) is 7.95. The molecule has 0 bridgehead atoms. The Hall–Kier alpha value is -2.97. The Morgan fingerprint density at radius 2 is 1.79 bits per heavy atom. The molecule has 0 aromatic heterocycles. The molecule has 0 unspecified atom stereocenters. The van der Waals surface area contributed by atoms with Gasteiger partial charge in [-0.1, -0.05) is 48.2 Å². The van der Waals surface area contributed by atoms with Crippen molar-refractivity contribution in [2.24, 2.45) is 0 Å². The number of carbonyl (C=O) groups excluding carboxylic acids is 2. The second-order valence-electron chi connectivity index (χ2n) is 6.05. The zero-order chi connectivity index (χ0) is 20.4. The van der Waals surface area contributed by atoms with E-state index in [2.05, 4.69) is 0 Å². The molecule has 1 aliphatic heterocycles. The van der Waals surface area contributed by atoms with Crippen LogP contribution in [0.2, 0.25) is 0 Å². The number of amides is 2. The maximum Gasteiger partial charge on any atom is 0.337 e. The lowest BCUT2D eigenvalue weighted by Gasteiger charge is -2.19. The third kappa shape index (κ3) is 3.83. The van der Waals surface area contributed by atoms with Crippen molar-refractivity contribution in [1.82, 2.24) is 4.90 Å². The molecule has 0 aliphatic carbocycles. The summed E-state index contributed by atoms with van der Waals surface area (Å²) < 4.78 is 0.502. The summed E-state index contributed by atoms with van der Waals surface area (Å²) >= 11 is 6.34. The molecule has 3 rings (SSSR count). The summed E-state index contributed by atoms with van der Waals surface area (Å²) in [4.78, 5) is 39.4. The molecule has 1 saturated heterocycles. The van der Waals surface area contributed by atoms with Gasteiger partial charge in [0.05, 0.1) is 16.2 Å². The highest BCUT2D eigenvalue weighted by molar-refractivity contribution is 8.26. The van der Waals surface area contributed by atoms with E-state index in [4.69, 9.17) is 12.2 Å². The maximum absolute atomic E-state index is 12.7. The zero-order valence-electron chi connectivity index (χ0n) is 15.1. The van der Waals surface area contributed by atoms with E-state index >= 15 is 0 Å². The first kappa shape index (κ1) is 19.8. The Labute approximate surface area is 171 Å². The van der Waals surface area contributed by atoms with Gasteiger partial charge in [0.25, 0.3) is 11.8 Å². The van der Waals surface area contributed by atoms with E-state index in [1.165, 1.54) is 34.7 Å². The number of hydrogen-bond acceptors (Lipinski definition) is 5. The molecule has 1 heterocycles. The van der Waals surface area contributed by atoms with E-state index in [0.29, 0.717) is 20.5 Å². The lowest BCUT2D eigenvalue weighted by atomic mass is 10.1. The predicted octanol–water partition coefficient (Wildman–Crippen LogP) is 3.49. The van der Waals surface area contributed by atoms with Crippen LogP contribution in [0.1, 0.15) is 26.3 Å². The van der Waals surface area contributed by atoms with Crippen LogP contribution in [0.4, 0.5) is 5.69 Å². The van der Waals surface area contributed by atoms with Gasteiger partial charge in [-0.15, -0.1) is 0 Å². The van der Waals surface area contributed by atoms with Crippen molar-refractivity contribution in [2.75, 3.05) is 19.0 Å². The van der Waals surface area contributed by atoms with Crippen LogP contribution in [-0.2, 0) is 4.79 Å². The highest BCUT2D eigenvalue weighted by Crippen LogP contribution is 2.31. The van der Waals surface area contributed by atoms with E-state index in [0.717, 1.165) is 5.56 Å². The summed E-state index contributed by atoms with van der Waals surface area (Å²) in [6.07, 6.45) is 1.72. The van der Waals surface area contributed by atoms with Crippen molar-refractivity contribution >= 4 is 57.8 Å². The van der Waals surface area contributed by atoms with Crippen LogP contribution in [0, 0.1) is 0 Å². The fraction of sp³-hybridized carbons (Fsp3) is 0.100. The van der Waals surface area contributed by atoms with Crippen LogP contribution in [0.25, 0.3) is 6.08 Å². The molecule has 0 spiro atoms. The van der Waals surface area contributed by atoms with Gasteiger partial charge in [-0.2, -0.15) is 0 Å². The molecule has 142 valence electrons. The number of benzene rings is 2. The molecular weight excluding hydrogens is 396 g/mol. The monoisotopic (exact) mass is 412 g/mol. The second-order valence-corrected chi connectivity index (χ2v) is 7.72. The number of likely N-dealkylation sites (N-methyl/N-ethyl adjacent to an activating group) is 1. The average molecular weight is 412 g/mol. The van der Waals surface area contributed by atoms with Crippen molar-refractivity contribution in [3.63, 3.8) is 0 Å². The number of thiocarbonyl (C=S) groups is 1. The molecule has 1 aliphatic rings. The fourth-order valence-corrected chi connectivity index (χ4v) is 3.85. The minimum absolute atomic E-state index is 0.0524. The smallest absolute Gasteiger partial charge is 0.337 e. The molecule has 8 heteroatoms. The molecule has 0 saturated carbocycles. The summed E-state index contributed by atoms with van der Waals surface area (Å²) in [5.41, 5.74) is 1.54. The van der Waals surface area contributed by atoms with E-state index in [-0.39, 0.29) is 17.4 Å². The molecule has 28 heavy (non-hydrogen) atoms. The summed E-state index contributed by atoms with van der Waals surface area (Å²) in [7, 11) is 3.16. The Bertz CT molecular complexity index is 1020. The quantitative estimate of drug-likeness (QED) is 0.612. The molecule has 2 amide bonds. The van der Waals surface area contributed by atoms with E-state index in [1.807, 2.05) is 0 Å². The molecule has 1 N–H and O–H groups in total. The predicted molar refractivity (Wildman–Crippen MR) is 114 cm³/mol. The fourth-order valence-electron chi connectivity index (χ4n) is 2.67. The van der Waals surface area contributed by atoms with Gasteiger partial charge in [0.1, 0.15) is 4.32 Å². The van der Waals surface area contributed by atoms with Gasteiger partial charge < -0.3 is 10.0 Å². The third-order valence-corrected chi connectivity index (χ3v) is 5.73. The van der Waals surface area contributed by atoms with Crippen LogP contribution in [0.3, 0.4) is 0 Å². The van der Waals surface area contributed by atoms with Crippen LogP contribution in [-0.4, -0.2) is 46.2 Å². The molecular formula is C20H16N2O4S2. The third-order valence-electron chi connectivity index (χ3n) is 4.24. The van der Waals surface area contributed by atoms with E-state index < -0.39 is 5.97 Å². The standard InChI is InChI=1S/C20H16N2O4S2/c1-21(15-6-4-3-5-14(15)19(25)26)17(23)13-9-7-12(8-10-13)11-16-18(24)22(2)20(27)28-16/h3-11H,1-2H3,(H,25,26)/b16-11+. The summed E-state index contributed by atoms with van der Waals surface area (Å²) in [6, 6.07) is 13.1. The van der Waals surface area contributed by atoms with E-state index in [1.54, 1.807) is 55.6 Å². The summed E-state index contributed by atoms with van der Waals surface area (Å²) in [5.74, 6) is -1.58. The van der Waals surface area contributed by atoms with Gasteiger partial charge >= 0.3 is 5.97 Å². The molecule has 1 fully saturated rings. The number of nitrogens with zero attached hydrogens (tertiary/aromatic N) is 2. The number of para-hydroxylation sites is 1. The molecule has 2 aromatic rings. The van der Waals surface area contributed by atoms with Gasteiger partial charge in [-0.3, -0.25) is 14.5 Å². The minimum atomic E-state index is -1.10. The van der Waals surface area contributed by atoms with E-state index in [9.17, 15) is 19.5 Å². The minimum Gasteiger partial charge on any atom is -0.478 e. The van der Waals surface area contributed by atoms with Crippen molar-refractivity contribution in [1.29, 1.82) is 0 Å². The Balaban J connectivity index is 1.82. The Morgan fingerprint density at radius 1 is 1.14 bits per heavy atom. The van der Waals surface area contributed by atoms with Gasteiger partial charge in [-0.25, -0.2) is 4.79 Å². The number of hydrogen-bond donors (Lipinski definition) is 1.